The third kappa shape index (κ3) is 4.76. The van der Waals surface area contributed by atoms with Gasteiger partial charge in [-0.05, 0) is 57.9 Å². The highest BCUT2D eigenvalue weighted by atomic mass is 16.5. The lowest BCUT2D eigenvalue weighted by molar-refractivity contribution is 0.244. The predicted octanol–water partition coefficient (Wildman–Crippen LogP) is 5.68. The number of rotatable bonds is 6. The highest BCUT2D eigenvalue weighted by Crippen LogP contribution is 2.29. The summed E-state index contributed by atoms with van der Waals surface area (Å²) in [5.41, 5.74) is 5.11. The van der Waals surface area contributed by atoms with Gasteiger partial charge < -0.3 is 15.4 Å². The van der Waals surface area contributed by atoms with Crippen molar-refractivity contribution in [3.63, 3.8) is 0 Å². The first-order valence-corrected chi connectivity index (χ1v) is 9.14. The van der Waals surface area contributed by atoms with Crippen molar-refractivity contribution >= 4 is 23.1 Å². The zero-order chi connectivity index (χ0) is 19.4. The Hall–Kier alpha value is -3.08. The van der Waals surface area contributed by atoms with E-state index in [1.54, 1.807) is 0 Å². The molecular weight excluding hydrogens is 336 g/mol. The van der Waals surface area contributed by atoms with Crippen molar-refractivity contribution < 1.29 is 4.74 Å². The lowest BCUT2D eigenvalue weighted by Crippen LogP contribution is -2.08. The van der Waals surface area contributed by atoms with E-state index >= 15 is 0 Å². The summed E-state index contributed by atoms with van der Waals surface area (Å²) in [7, 11) is 0. The third-order valence-electron chi connectivity index (χ3n) is 4.08. The second-order valence-corrected chi connectivity index (χ2v) is 6.90. The van der Waals surface area contributed by atoms with E-state index in [9.17, 15) is 0 Å². The molecule has 0 fully saturated rings. The second kappa shape index (κ2) is 8.08. The van der Waals surface area contributed by atoms with Crippen molar-refractivity contribution in [3.8, 4) is 5.75 Å². The number of para-hydroxylation sites is 3. The van der Waals surface area contributed by atoms with Crippen LogP contribution in [0.25, 0.3) is 0 Å². The van der Waals surface area contributed by atoms with E-state index in [-0.39, 0.29) is 6.10 Å². The number of aryl methyl sites for hydroxylation is 3. The molecule has 0 aliphatic rings. The molecule has 3 aromatic rings. The third-order valence-corrected chi connectivity index (χ3v) is 4.08. The van der Waals surface area contributed by atoms with Gasteiger partial charge in [-0.3, -0.25) is 0 Å². The summed E-state index contributed by atoms with van der Waals surface area (Å²) in [5, 5.41) is 6.72. The highest BCUT2D eigenvalue weighted by Gasteiger charge is 2.10. The molecule has 5 heteroatoms. The summed E-state index contributed by atoms with van der Waals surface area (Å²) in [4.78, 5) is 9.17. The van der Waals surface area contributed by atoms with E-state index in [0.29, 0.717) is 5.95 Å². The minimum absolute atomic E-state index is 0.0985. The molecule has 2 aromatic carbocycles. The van der Waals surface area contributed by atoms with Crippen LogP contribution in [0.15, 0.2) is 48.5 Å². The number of aromatic nitrogens is 2. The first-order valence-electron chi connectivity index (χ1n) is 9.14. The Labute approximate surface area is 160 Å². The first kappa shape index (κ1) is 18.7. The van der Waals surface area contributed by atoms with Gasteiger partial charge in [-0.1, -0.05) is 30.3 Å². The van der Waals surface area contributed by atoms with Crippen molar-refractivity contribution in [3.05, 3.63) is 65.4 Å². The fraction of sp³-hybridized carbons (Fsp3) is 0.273. The van der Waals surface area contributed by atoms with Crippen LogP contribution in [0.4, 0.5) is 23.1 Å². The predicted molar refractivity (Wildman–Crippen MR) is 111 cm³/mol. The van der Waals surface area contributed by atoms with Gasteiger partial charge in [-0.25, -0.2) is 4.98 Å². The van der Waals surface area contributed by atoms with E-state index < -0.39 is 0 Å². The van der Waals surface area contributed by atoms with Gasteiger partial charge in [0.1, 0.15) is 11.6 Å². The summed E-state index contributed by atoms with van der Waals surface area (Å²) >= 11 is 0. The normalized spacial score (nSPS) is 10.7. The molecule has 0 radical (unpaired) electrons. The van der Waals surface area contributed by atoms with Crippen molar-refractivity contribution in [1.82, 2.24) is 9.97 Å². The summed E-state index contributed by atoms with van der Waals surface area (Å²) in [6.07, 6.45) is 0.0985. The highest BCUT2D eigenvalue weighted by molar-refractivity contribution is 5.67. The number of hydrogen-bond donors (Lipinski definition) is 2. The average Bonchev–Trinajstić information content (AvgIpc) is 2.59. The molecule has 0 unspecified atom stereocenters. The molecule has 0 spiro atoms. The molecule has 0 saturated heterocycles. The molecule has 0 amide bonds. The second-order valence-electron chi connectivity index (χ2n) is 6.90. The van der Waals surface area contributed by atoms with Crippen LogP contribution >= 0.6 is 0 Å². The van der Waals surface area contributed by atoms with Gasteiger partial charge in [0.2, 0.25) is 5.95 Å². The van der Waals surface area contributed by atoms with Crippen molar-refractivity contribution in [1.29, 1.82) is 0 Å². The number of nitrogens with one attached hydrogen (secondary N) is 2. The van der Waals surface area contributed by atoms with Crippen LogP contribution < -0.4 is 15.4 Å². The first-order chi connectivity index (χ1) is 12.9. The van der Waals surface area contributed by atoms with E-state index in [0.717, 1.165) is 39.8 Å². The molecule has 0 aliphatic carbocycles. The maximum Gasteiger partial charge on any atom is 0.229 e. The molecule has 0 aliphatic heterocycles. The Morgan fingerprint density at radius 3 is 2.26 bits per heavy atom. The zero-order valence-electron chi connectivity index (χ0n) is 16.5. The van der Waals surface area contributed by atoms with Gasteiger partial charge in [0.25, 0.3) is 0 Å². The minimum Gasteiger partial charge on any atom is -0.489 e. The topological polar surface area (TPSA) is 59.1 Å². The van der Waals surface area contributed by atoms with Crippen molar-refractivity contribution in [2.75, 3.05) is 10.6 Å². The number of nitrogens with zero attached hydrogens (tertiary/aromatic N) is 2. The molecule has 0 saturated carbocycles. The van der Waals surface area contributed by atoms with Gasteiger partial charge in [-0.2, -0.15) is 4.98 Å². The number of hydrogen-bond acceptors (Lipinski definition) is 5. The molecule has 2 N–H and O–H groups in total. The summed E-state index contributed by atoms with van der Waals surface area (Å²) in [6.45, 7) is 10.1. The van der Waals surface area contributed by atoms with Gasteiger partial charge in [0, 0.05) is 17.4 Å². The molecule has 0 bridgehead atoms. The molecule has 140 valence electrons. The molecule has 1 heterocycles. The van der Waals surface area contributed by atoms with Gasteiger partial charge in [0.15, 0.2) is 0 Å². The monoisotopic (exact) mass is 362 g/mol. The van der Waals surface area contributed by atoms with E-state index in [1.165, 1.54) is 0 Å². The van der Waals surface area contributed by atoms with Gasteiger partial charge in [-0.15, -0.1) is 0 Å². The van der Waals surface area contributed by atoms with Crippen LogP contribution in [0.3, 0.4) is 0 Å². The van der Waals surface area contributed by atoms with Crippen LogP contribution in [0.5, 0.6) is 5.75 Å². The molecule has 1 aromatic heterocycles. The summed E-state index contributed by atoms with van der Waals surface area (Å²) in [6, 6.07) is 16.0. The summed E-state index contributed by atoms with van der Waals surface area (Å²) in [5.74, 6) is 2.08. The molecule has 3 rings (SSSR count). The Morgan fingerprint density at radius 1 is 0.852 bits per heavy atom. The van der Waals surface area contributed by atoms with Crippen LogP contribution in [-0.2, 0) is 0 Å². The minimum atomic E-state index is 0.0985. The number of anilines is 4. The van der Waals surface area contributed by atoms with Gasteiger partial charge >= 0.3 is 0 Å². The van der Waals surface area contributed by atoms with Crippen LogP contribution in [-0.4, -0.2) is 16.1 Å². The zero-order valence-corrected chi connectivity index (χ0v) is 16.5. The van der Waals surface area contributed by atoms with E-state index in [2.05, 4.69) is 46.6 Å². The van der Waals surface area contributed by atoms with Crippen molar-refractivity contribution in [2.24, 2.45) is 0 Å². The van der Waals surface area contributed by atoms with Crippen molar-refractivity contribution in [2.45, 2.75) is 40.7 Å². The quantitative estimate of drug-likeness (QED) is 0.591. The SMILES string of the molecule is Cc1cc(Nc2ccccc2OC(C)C)nc(Nc2c(C)cccc2C)n1. The lowest BCUT2D eigenvalue weighted by Gasteiger charge is -2.16. The van der Waals surface area contributed by atoms with Crippen LogP contribution in [0.1, 0.15) is 30.7 Å². The van der Waals surface area contributed by atoms with Gasteiger partial charge in [0.05, 0.1) is 11.8 Å². The Balaban J connectivity index is 1.89. The Kier molecular flexibility index (Phi) is 5.60. The average molecular weight is 362 g/mol. The van der Waals surface area contributed by atoms with Crippen LogP contribution in [0.2, 0.25) is 0 Å². The Bertz CT molecular complexity index is 917. The number of benzene rings is 2. The Morgan fingerprint density at radius 2 is 1.56 bits per heavy atom. The molecule has 0 atom stereocenters. The van der Waals surface area contributed by atoms with E-state index in [4.69, 9.17) is 4.74 Å². The lowest BCUT2D eigenvalue weighted by atomic mass is 10.1. The molecule has 5 nitrogen and oxygen atoms in total. The fourth-order valence-corrected chi connectivity index (χ4v) is 2.88. The smallest absolute Gasteiger partial charge is 0.229 e. The van der Waals surface area contributed by atoms with Crippen LogP contribution in [0, 0.1) is 20.8 Å². The molecule has 27 heavy (non-hydrogen) atoms. The molecular formula is C22H26N4O. The summed E-state index contributed by atoms with van der Waals surface area (Å²) < 4.78 is 5.88. The number of ether oxygens (including phenoxy) is 1. The maximum absolute atomic E-state index is 5.88. The maximum atomic E-state index is 5.88. The van der Waals surface area contributed by atoms with E-state index in [1.807, 2.05) is 57.2 Å². The standard InChI is InChI=1S/C22H26N4O/c1-14(2)27-19-12-7-6-11-18(19)24-20-13-17(5)23-22(25-20)26-21-15(3)9-8-10-16(21)4/h6-14H,1-5H3,(H2,23,24,25,26). The fourth-order valence-electron chi connectivity index (χ4n) is 2.88. The largest absolute Gasteiger partial charge is 0.489 e.